The smallest absolute Gasteiger partial charge is 0.279 e. The molecule has 128 valence electrons. The maximum Gasteiger partial charge on any atom is 0.279 e. The fourth-order valence-electron chi connectivity index (χ4n) is 3.42. The second-order valence-corrected chi connectivity index (χ2v) is 7.13. The van der Waals surface area contributed by atoms with Crippen LogP contribution in [0.4, 0.5) is 5.69 Å². The van der Waals surface area contributed by atoms with Gasteiger partial charge in [0.05, 0.1) is 7.05 Å². The third kappa shape index (κ3) is 4.93. The third-order valence-corrected chi connectivity index (χ3v) is 4.19. The van der Waals surface area contributed by atoms with Crippen molar-refractivity contribution >= 4 is 11.6 Å². The van der Waals surface area contributed by atoms with Crippen LogP contribution in [0.25, 0.3) is 0 Å². The molecule has 0 fully saturated rings. The monoisotopic (exact) mass is 325 g/mol. The van der Waals surface area contributed by atoms with Gasteiger partial charge in [-0.1, -0.05) is 47.0 Å². The van der Waals surface area contributed by atoms with Crippen LogP contribution in [0.2, 0.25) is 0 Å². The van der Waals surface area contributed by atoms with Gasteiger partial charge < -0.3 is 10.2 Å². The van der Waals surface area contributed by atoms with Gasteiger partial charge in [-0.2, -0.15) is 0 Å². The zero-order valence-corrected chi connectivity index (χ0v) is 15.7. The van der Waals surface area contributed by atoms with Crippen LogP contribution in [0.1, 0.15) is 33.4 Å². The van der Waals surface area contributed by atoms with Crippen molar-refractivity contribution in [1.29, 1.82) is 0 Å². The van der Waals surface area contributed by atoms with Gasteiger partial charge in [0.1, 0.15) is 6.54 Å². The Balaban J connectivity index is 1.99. The van der Waals surface area contributed by atoms with Crippen LogP contribution < -0.4 is 10.2 Å². The van der Waals surface area contributed by atoms with Crippen molar-refractivity contribution in [3.05, 3.63) is 63.7 Å². The lowest BCUT2D eigenvalue weighted by atomic mass is 10.1. The molecule has 1 atom stereocenters. The van der Waals surface area contributed by atoms with Crippen molar-refractivity contribution in [2.24, 2.45) is 0 Å². The SMILES string of the molecule is Cc1cc(C)cc(C[NH+](C)CC(=O)Nc2c(C)cc(C)cc2C)c1. The van der Waals surface area contributed by atoms with Crippen molar-refractivity contribution in [1.82, 2.24) is 0 Å². The summed E-state index contributed by atoms with van der Waals surface area (Å²) in [6.07, 6.45) is 0. The lowest BCUT2D eigenvalue weighted by Gasteiger charge is -2.17. The van der Waals surface area contributed by atoms with E-state index in [-0.39, 0.29) is 5.91 Å². The molecule has 0 radical (unpaired) electrons. The molecule has 24 heavy (non-hydrogen) atoms. The highest BCUT2D eigenvalue weighted by Gasteiger charge is 2.13. The summed E-state index contributed by atoms with van der Waals surface area (Å²) in [6, 6.07) is 10.8. The summed E-state index contributed by atoms with van der Waals surface area (Å²) in [5.74, 6) is 0.0620. The Morgan fingerprint density at radius 3 is 1.92 bits per heavy atom. The molecule has 0 heterocycles. The predicted octanol–water partition coefficient (Wildman–Crippen LogP) is 2.88. The van der Waals surface area contributed by atoms with Crippen LogP contribution in [0.15, 0.2) is 30.3 Å². The molecule has 0 saturated heterocycles. The highest BCUT2D eigenvalue weighted by molar-refractivity contribution is 5.93. The largest absolute Gasteiger partial charge is 0.326 e. The number of nitrogens with one attached hydrogen (secondary N) is 2. The second-order valence-electron chi connectivity index (χ2n) is 7.13. The molecular weight excluding hydrogens is 296 g/mol. The normalized spacial score (nSPS) is 12.1. The minimum atomic E-state index is 0.0620. The lowest BCUT2D eigenvalue weighted by Crippen LogP contribution is -3.08. The van der Waals surface area contributed by atoms with E-state index in [1.54, 1.807) is 0 Å². The van der Waals surface area contributed by atoms with E-state index < -0.39 is 0 Å². The van der Waals surface area contributed by atoms with Gasteiger partial charge in [0.15, 0.2) is 6.54 Å². The maximum atomic E-state index is 12.4. The van der Waals surface area contributed by atoms with Gasteiger partial charge in [0.2, 0.25) is 0 Å². The molecule has 3 heteroatoms. The molecule has 0 aromatic heterocycles. The zero-order chi connectivity index (χ0) is 17.9. The molecule has 2 aromatic carbocycles. The van der Waals surface area contributed by atoms with Gasteiger partial charge in [-0.25, -0.2) is 0 Å². The first-order chi connectivity index (χ1) is 11.2. The summed E-state index contributed by atoms with van der Waals surface area (Å²) in [5.41, 5.74) is 8.23. The number of quaternary nitrogens is 1. The van der Waals surface area contributed by atoms with Gasteiger partial charge in [-0.3, -0.25) is 4.79 Å². The fourth-order valence-corrected chi connectivity index (χ4v) is 3.42. The van der Waals surface area contributed by atoms with Gasteiger partial charge >= 0.3 is 0 Å². The molecule has 0 aliphatic heterocycles. The zero-order valence-electron chi connectivity index (χ0n) is 15.7. The van der Waals surface area contributed by atoms with Gasteiger partial charge in [-0.15, -0.1) is 0 Å². The first-order valence-corrected chi connectivity index (χ1v) is 8.51. The molecule has 0 spiro atoms. The number of anilines is 1. The van der Waals surface area contributed by atoms with Crippen LogP contribution in [0.3, 0.4) is 0 Å². The lowest BCUT2D eigenvalue weighted by molar-refractivity contribution is -0.885. The number of carbonyl (C=O) groups is 1. The fraction of sp³-hybridized carbons (Fsp3) is 0.381. The molecule has 3 nitrogen and oxygen atoms in total. The van der Waals surface area contributed by atoms with E-state index in [4.69, 9.17) is 0 Å². The van der Waals surface area contributed by atoms with Crippen LogP contribution in [0, 0.1) is 34.6 Å². The van der Waals surface area contributed by atoms with E-state index in [1.165, 1.54) is 27.2 Å². The minimum Gasteiger partial charge on any atom is -0.326 e. The third-order valence-electron chi connectivity index (χ3n) is 4.19. The van der Waals surface area contributed by atoms with Gasteiger partial charge in [0, 0.05) is 11.3 Å². The highest BCUT2D eigenvalue weighted by Crippen LogP contribution is 2.21. The number of hydrogen-bond donors (Lipinski definition) is 2. The van der Waals surface area contributed by atoms with Crippen molar-refractivity contribution in [2.45, 2.75) is 41.2 Å². The number of amides is 1. The predicted molar refractivity (Wildman–Crippen MR) is 101 cm³/mol. The van der Waals surface area contributed by atoms with Crippen LogP contribution in [-0.4, -0.2) is 19.5 Å². The summed E-state index contributed by atoms with van der Waals surface area (Å²) < 4.78 is 0. The van der Waals surface area contributed by atoms with E-state index in [0.29, 0.717) is 6.54 Å². The molecule has 1 unspecified atom stereocenters. The van der Waals surface area contributed by atoms with Gasteiger partial charge in [-0.05, 0) is 45.7 Å². The number of likely N-dealkylation sites (N-methyl/N-ethyl adjacent to an activating group) is 1. The number of hydrogen-bond acceptors (Lipinski definition) is 1. The molecule has 2 rings (SSSR count). The molecule has 0 aliphatic rings. The molecule has 2 N–H and O–H groups in total. The Labute approximate surface area is 145 Å². The number of benzene rings is 2. The average Bonchev–Trinajstić information content (AvgIpc) is 2.41. The Morgan fingerprint density at radius 1 is 0.875 bits per heavy atom. The Bertz CT molecular complexity index is 706. The van der Waals surface area contributed by atoms with Crippen LogP contribution in [-0.2, 0) is 11.3 Å². The highest BCUT2D eigenvalue weighted by atomic mass is 16.2. The first kappa shape index (κ1) is 18.2. The molecule has 0 saturated carbocycles. The standard InChI is InChI=1S/C21H28N2O/c1-14-7-15(2)11-19(10-14)12-23(6)13-20(24)22-21-17(4)8-16(3)9-18(21)5/h7-11H,12-13H2,1-6H3,(H,22,24)/p+1. The molecule has 1 amide bonds. The average molecular weight is 325 g/mol. The molecule has 0 bridgehead atoms. The Kier molecular flexibility index (Phi) is 5.79. The van der Waals surface area contributed by atoms with Crippen molar-refractivity contribution < 1.29 is 9.69 Å². The topological polar surface area (TPSA) is 33.5 Å². The van der Waals surface area contributed by atoms with E-state index >= 15 is 0 Å². The number of rotatable bonds is 5. The van der Waals surface area contributed by atoms with E-state index in [0.717, 1.165) is 23.4 Å². The van der Waals surface area contributed by atoms with E-state index in [9.17, 15) is 4.79 Å². The van der Waals surface area contributed by atoms with E-state index in [2.05, 4.69) is 63.5 Å². The van der Waals surface area contributed by atoms with Crippen LogP contribution >= 0.6 is 0 Å². The van der Waals surface area contributed by atoms with Crippen molar-refractivity contribution in [3.63, 3.8) is 0 Å². The minimum absolute atomic E-state index is 0.0620. The summed E-state index contributed by atoms with van der Waals surface area (Å²) in [7, 11) is 2.06. The maximum absolute atomic E-state index is 12.4. The van der Waals surface area contributed by atoms with Crippen molar-refractivity contribution in [2.75, 3.05) is 18.9 Å². The van der Waals surface area contributed by atoms with Crippen molar-refractivity contribution in [3.8, 4) is 0 Å². The van der Waals surface area contributed by atoms with Gasteiger partial charge in [0.25, 0.3) is 5.91 Å². The second kappa shape index (κ2) is 7.63. The van der Waals surface area contributed by atoms with Crippen LogP contribution in [0.5, 0.6) is 0 Å². The first-order valence-electron chi connectivity index (χ1n) is 8.51. The Hall–Kier alpha value is -2.13. The summed E-state index contributed by atoms with van der Waals surface area (Å²) in [4.78, 5) is 13.6. The number of aryl methyl sites for hydroxylation is 5. The summed E-state index contributed by atoms with van der Waals surface area (Å²) >= 11 is 0. The quantitative estimate of drug-likeness (QED) is 0.871. The van der Waals surface area contributed by atoms with E-state index in [1.807, 2.05) is 13.8 Å². The molecule has 0 aliphatic carbocycles. The summed E-state index contributed by atoms with van der Waals surface area (Å²) in [6.45, 7) is 11.7. The Morgan fingerprint density at radius 2 is 1.38 bits per heavy atom. The number of carbonyl (C=O) groups excluding carboxylic acids is 1. The molecular formula is C21H29N2O+. The molecule has 2 aromatic rings. The summed E-state index contributed by atoms with van der Waals surface area (Å²) in [5, 5.41) is 3.09.